The molecule has 0 aliphatic carbocycles. The number of nitrogen functional groups attached to an aromatic ring is 1. The molecule has 2 saturated heterocycles. The van der Waals surface area contributed by atoms with Crippen LogP contribution in [0, 0.1) is 14.9 Å². The summed E-state index contributed by atoms with van der Waals surface area (Å²) in [6.45, 7) is 3.24. The lowest BCUT2D eigenvalue weighted by Crippen LogP contribution is -2.40. The lowest BCUT2D eigenvalue weighted by molar-refractivity contribution is -0.204. The Balaban J connectivity index is 1.94. The van der Waals surface area contributed by atoms with E-state index < -0.39 is 29.7 Å². The number of halogens is 1. The van der Waals surface area contributed by atoms with Gasteiger partial charge in [0.05, 0.1) is 12.3 Å². The molecule has 0 saturated carbocycles. The Morgan fingerprint density at radius 2 is 2.20 bits per heavy atom. The molecule has 25 heavy (non-hydrogen) atoms. The van der Waals surface area contributed by atoms with Crippen molar-refractivity contribution >= 4 is 33.9 Å². The zero-order valence-electron chi connectivity index (χ0n) is 13.5. The summed E-state index contributed by atoms with van der Waals surface area (Å²) in [7, 11) is 0. The zero-order valence-corrected chi connectivity index (χ0v) is 15.7. The van der Waals surface area contributed by atoms with E-state index in [1.807, 2.05) is 0 Å². The third-order valence-corrected chi connectivity index (χ3v) is 5.32. The highest BCUT2D eigenvalue weighted by Crippen LogP contribution is 2.49. The molecule has 4 atom stereocenters. The van der Waals surface area contributed by atoms with Crippen molar-refractivity contribution in [3.63, 3.8) is 0 Å². The van der Waals surface area contributed by atoms with Gasteiger partial charge in [-0.25, -0.2) is 9.50 Å². The maximum Gasteiger partial charge on any atom is 0.226 e. The average molecular weight is 457 g/mol. The van der Waals surface area contributed by atoms with E-state index in [9.17, 15) is 10.4 Å². The Morgan fingerprint density at radius 1 is 1.44 bits per heavy atom. The summed E-state index contributed by atoms with van der Waals surface area (Å²) >= 11 is 2.11. The number of aromatic nitrogens is 3. The summed E-state index contributed by atoms with van der Waals surface area (Å²) in [6, 6.07) is 4.00. The Hall–Kier alpha value is -1.52. The number of ether oxygens (including phenoxy) is 3. The van der Waals surface area contributed by atoms with Gasteiger partial charge in [-0.3, -0.25) is 0 Å². The van der Waals surface area contributed by atoms with Crippen LogP contribution >= 0.6 is 22.6 Å². The van der Waals surface area contributed by atoms with Gasteiger partial charge in [0.2, 0.25) is 5.60 Å². The Kier molecular flexibility index (Phi) is 3.71. The number of fused-ring (bicyclic) bond motifs is 2. The van der Waals surface area contributed by atoms with Gasteiger partial charge in [0.1, 0.15) is 36.2 Å². The van der Waals surface area contributed by atoms with Gasteiger partial charge in [0.15, 0.2) is 11.6 Å². The largest absolute Gasteiger partial charge is 0.394 e. The number of aliphatic hydroxyl groups is 1. The predicted molar refractivity (Wildman–Crippen MR) is 93.2 cm³/mol. The molecule has 2 aliphatic rings. The molecule has 9 nitrogen and oxygen atoms in total. The first-order chi connectivity index (χ1) is 11.8. The minimum atomic E-state index is -1.49. The van der Waals surface area contributed by atoms with E-state index in [0.717, 1.165) is 3.57 Å². The first-order valence-electron chi connectivity index (χ1n) is 7.67. The van der Waals surface area contributed by atoms with Crippen LogP contribution in [-0.2, 0) is 19.8 Å². The Morgan fingerprint density at radius 3 is 2.88 bits per heavy atom. The van der Waals surface area contributed by atoms with Crippen molar-refractivity contribution in [2.24, 2.45) is 0 Å². The van der Waals surface area contributed by atoms with E-state index in [4.69, 9.17) is 19.9 Å². The van der Waals surface area contributed by atoms with Gasteiger partial charge in [-0.05, 0) is 42.5 Å². The molecule has 1 unspecified atom stereocenters. The molecule has 0 spiro atoms. The molecule has 2 fully saturated rings. The number of nitrogens with zero attached hydrogens (tertiary/aromatic N) is 4. The van der Waals surface area contributed by atoms with Gasteiger partial charge >= 0.3 is 0 Å². The fraction of sp³-hybridized carbons (Fsp3) is 0.533. The number of rotatable bonds is 2. The maximum absolute atomic E-state index is 10.1. The summed E-state index contributed by atoms with van der Waals surface area (Å²) < 4.78 is 20.1. The van der Waals surface area contributed by atoms with E-state index >= 15 is 0 Å². The summed E-state index contributed by atoms with van der Waals surface area (Å²) in [5.41, 5.74) is 5.54. The van der Waals surface area contributed by atoms with Crippen LogP contribution < -0.4 is 5.73 Å². The van der Waals surface area contributed by atoms with Crippen LogP contribution in [-0.4, -0.2) is 50.4 Å². The molecule has 0 amide bonds. The molecule has 2 aromatic rings. The third kappa shape index (κ3) is 2.27. The highest BCUT2D eigenvalue weighted by Gasteiger charge is 2.65. The lowest BCUT2D eigenvalue weighted by atomic mass is 9.92. The first kappa shape index (κ1) is 16.9. The highest BCUT2D eigenvalue weighted by atomic mass is 127. The van der Waals surface area contributed by atoms with Gasteiger partial charge in [0, 0.05) is 3.57 Å². The minimum absolute atomic E-state index is 0.290. The van der Waals surface area contributed by atoms with Crippen LogP contribution in [0.5, 0.6) is 0 Å². The lowest BCUT2D eigenvalue weighted by Gasteiger charge is -2.28. The van der Waals surface area contributed by atoms with Crippen molar-refractivity contribution in [1.82, 2.24) is 14.6 Å². The van der Waals surface area contributed by atoms with E-state index in [0.29, 0.717) is 17.0 Å². The Bertz CT molecular complexity index is 894. The molecule has 3 N–H and O–H groups in total. The van der Waals surface area contributed by atoms with Gasteiger partial charge in [0.25, 0.3) is 0 Å². The average Bonchev–Trinajstić information content (AvgIpc) is 3.16. The van der Waals surface area contributed by atoms with Crippen LogP contribution in [0.2, 0.25) is 0 Å². The van der Waals surface area contributed by atoms with E-state index in [-0.39, 0.29) is 6.61 Å². The molecule has 0 radical (unpaired) electrons. The van der Waals surface area contributed by atoms with Crippen LogP contribution in [0.25, 0.3) is 5.52 Å². The number of aliphatic hydroxyl groups excluding tert-OH is 1. The van der Waals surface area contributed by atoms with E-state index in [1.165, 1.54) is 6.33 Å². The molecule has 2 aliphatic heterocycles. The molecule has 0 aromatic carbocycles. The summed E-state index contributed by atoms with van der Waals surface area (Å²) in [5.74, 6) is -0.584. The summed E-state index contributed by atoms with van der Waals surface area (Å²) in [4.78, 5) is 4.00. The van der Waals surface area contributed by atoms with Gasteiger partial charge < -0.3 is 25.1 Å². The van der Waals surface area contributed by atoms with Crippen LogP contribution in [0.15, 0.2) is 12.4 Å². The standard InChI is InChI=1S/C15H16IN5O4/c1-14(2)24-11-8(4-22)23-15(5-17,12(11)25-14)9-3-7(16)10-13(18)19-6-20-21(9)10/h3,6,8,11-12,22H,4H2,1-2H3,(H2,18,19,20)/t8?,11-,12-,15+/m1/s1. The second-order valence-electron chi connectivity index (χ2n) is 6.49. The first-order valence-corrected chi connectivity index (χ1v) is 8.74. The molecule has 4 rings (SSSR count). The summed E-state index contributed by atoms with van der Waals surface area (Å²) in [5, 5.41) is 24.0. The fourth-order valence-corrected chi connectivity index (χ4v) is 4.33. The van der Waals surface area contributed by atoms with E-state index in [1.54, 1.807) is 24.4 Å². The molecular formula is C15H16IN5O4. The van der Waals surface area contributed by atoms with Crippen molar-refractivity contribution in [1.29, 1.82) is 5.26 Å². The van der Waals surface area contributed by atoms with Gasteiger partial charge in [-0.15, -0.1) is 0 Å². The second kappa shape index (κ2) is 5.49. The number of nitriles is 1. The smallest absolute Gasteiger partial charge is 0.226 e. The second-order valence-corrected chi connectivity index (χ2v) is 7.65. The van der Waals surface area contributed by atoms with Crippen LogP contribution in [0.3, 0.4) is 0 Å². The zero-order chi connectivity index (χ0) is 18.0. The molecule has 0 bridgehead atoms. The van der Waals surface area contributed by atoms with Crippen molar-refractivity contribution in [2.45, 2.75) is 43.5 Å². The number of nitrogens with two attached hydrogens (primary N) is 1. The molecule has 10 heteroatoms. The number of anilines is 1. The van der Waals surface area contributed by atoms with Crippen LogP contribution in [0.4, 0.5) is 5.82 Å². The number of hydrogen-bond donors (Lipinski definition) is 2. The van der Waals surface area contributed by atoms with Crippen molar-refractivity contribution < 1.29 is 19.3 Å². The molecule has 4 heterocycles. The SMILES string of the molecule is CC1(C)O[C@@H]2C(CO)O[C@@](C#N)(c3cc(I)c4c(N)ncnn34)[C@@H]2O1. The van der Waals surface area contributed by atoms with Gasteiger partial charge in [-0.2, -0.15) is 10.4 Å². The normalized spacial score (nSPS) is 33.5. The quantitative estimate of drug-likeness (QED) is 0.626. The van der Waals surface area contributed by atoms with Crippen LogP contribution in [0.1, 0.15) is 19.5 Å². The van der Waals surface area contributed by atoms with Crippen molar-refractivity contribution in [3.05, 3.63) is 21.7 Å². The maximum atomic E-state index is 10.1. The molecular weight excluding hydrogens is 441 g/mol. The third-order valence-electron chi connectivity index (χ3n) is 4.50. The number of hydrogen-bond acceptors (Lipinski definition) is 8. The Labute approximate surface area is 156 Å². The van der Waals surface area contributed by atoms with Crippen molar-refractivity contribution in [2.75, 3.05) is 12.3 Å². The van der Waals surface area contributed by atoms with Gasteiger partial charge in [-0.1, -0.05) is 0 Å². The monoisotopic (exact) mass is 457 g/mol. The molecule has 132 valence electrons. The van der Waals surface area contributed by atoms with Crippen molar-refractivity contribution in [3.8, 4) is 6.07 Å². The topological polar surface area (TPSA) is 128 Å². The highest BCUT2D eigenvalue weighted by molar-refractivity contribution is 14.1. The minimum Gasteiger partial charge on any atom is -0.394 e. The van der Waals surface area contributed by atoms with E-state index in [2.05, 4.69) is 38.7 Å². The molecule has 2 aromatic heterocycles. The fourth-order valence-electron chi connectivity index (χ4n) is 3.53. The predicted octanol–water partition coefficient (Wildman–Crippen LogP) is 0.546. The summed E-state index contributed by atoms with van der Waals surface area (Å²) in [6.07, 6.45) is -0.649.